The number of hydrogen-bond acceptors (Lipinski definition) is 18. The van der Waals surface area contributed by atoms with Crippen LogP contribution in [0.15, 0.2) is 18.2 Å². The predicted octanol–water partition coefficient (Wildman–Crippen LogP) is -7.73. The molecular formula is C35H52N8O18S. The zero-order chi connectivity index (χ0) is 46.5. The molecule has 1 aromatic rings. The molecule has 27 heteroatoms. The Morgan fingerprint density at radius 2 is 1.47 bits per heavy atom. The van der Waals surface area contributed by atoms with Crippen molar-refractivity contribution in [1.82, 2.24) is 31.1 Å². The molecule has 26 nitrogen and oxygen atoms in total. The lowest BCUT2D eigenvalue weighted by Crippen LogP contribution is -2.64. The summed E-state index contributed by atoms with van der Waals surface area (Å²) in [5, 5.41) is 84.4. The highest BCUT2D eigenvalue weighted by Crippen LogP contribution is 2.30. The highest BCUT2D eigenvalue weighted by Gasteiger charge is 2.50. The normalized spacial score (nSPS) is 31.3. The van der Waals surface area contributed by atoms with Crippen LogP contribution in [0.5, 0.6) is 11.5 Å². The van der Waals surface area contributed by atoms with Crippen LogP contribution in [0.4, 0.5) is 0 Å². The summed E-state index contributed by atoms with van der Waals surface area (Å²) in [6.45, 7) is 1.62. The van der Waals surface area contributed by atoms with Crippen molar-refractivity contribution < 1.29 is 86.5 Å². The van der Waals surface area contributed by atoms with Gasteiger partial charge in [-0.3, -0.25) is 38.1 Å². The Hall–Kier alpha value is -5.26. The third kappa shape index (κ3) is 12.2. The van der Waals surface area contributed by atoms with Gasteiger partial charge in [-0.2, -0.15) is 8.42 Å². The number of aliphatic hydroxyl groups excluding tert-OH is 6. The van der Waals surface area contributed by atoms with Gasteiger partial charge in [-0.15, -0.1) is 0 Å². The molecule has 0 aromatic heterocycles. The van der Waals surface area contributed by atoms with Gasteiger partial charge in [0.15, 0.2) is 11.5 Å². The van der Waals surface area contributed by atoms with E-state index in [2.05, 4.69) is 25.5 Å². The molecule has 16 N–H and O–H groups in total. The maximum absolute atomic E-state index is 14.3. The number of hydrogen-bond donors (Lipinski definition) is 14. The van der Waals surface area contributed by atoms with E-state index in [0.717, 1.165) is 34.9 Å². The molecule has 0 aliphatic carbocycles. The van der Waals surface area contributed by atoms with Gasteiger partial charge >= 0.3 is 10.4 Å². The average molecular weight is 905 g/mol. The topological polar surface area (TPSA) is 431 Å². The maximum Gasteiger partial charge on any atom is 0.446 e. The molecule has 0 spiro atoms. The number of phenols is 1. The van der Waals surface area contributed by atoms with E-state index in [-0.39, 0.29) is 12.0 Å². The van der Waals surface area contributed by atoms with E-state index < -0.39 is 181 Å². The number of benzene rings is 1. The van der Waals surface area contributed by atoms with Crippen LogP contribution in [0.1, 0.15) is 45.1 Å². The molecule has 3 aliphatic heterocycles. The van der Waals surface area contributed by atoms with Gasteiger partial charge in [0.05, 0.1) is 43.0 Å². The summed E-state index contributed by atoms with van der Waals surface area (Å²) in [4.78, 5) is 96.6. The van der Waals surface area contributed by atoms with E-state index in [1.54, 1.807) is 0 Å². The molecular weight excluding hydrogens is 852 g/mol. The smallest absolute Gasteiger partial charge is 0.446 e. The Bertz CT molecular complexity index is 1990. The molecule has 0 saturated carbocycles. The van der Waals surface area contributed by atoms with Crippen LogP contribution in [0.25, 0.3) is 0 Å². The van der Waals surface area contributed by atoms with E-state index in [4.69, 9.17) is 16.0 Å². The molecule has 0 bridgehead atoms. The third-order valence-corrected chi connectivity index (χ3v) is 11.0. The second kappa shape index (κ2) is 20.3. The van der Waals surface area contributed by atoms with Crippen molar-refractivity contribution in [2.45, 2.75) is 119 Å². The summed E-state index contributed by atoms with van der Waals surface area (Å²) in [5.41, 5.74) is 11.2. The molecule has 7 amide bonds. The SMILES string of the molecule is C[C@@H](O)[C@@H]1NC(=O)[C@@H](N)CC[C@@H](O)NC(=O)[C@@H]2[C@@H](O)[C@@H](C)CN2C(=O)[C@H]([C@H](O)CC(N)=O)NC(=O)[C@H]([C@H](O)Cc2ccc(O)c(OS(=O)(=O)O)c2)NC(=O)[C@@H]2C[C@@H](O)CN2C1=O. The Kier molecular flexibility index (Phi) is 16.2. The largest absolute Gasteiger partial charge is 0.504 e. The Morgan fingerprint density at radius 1 is 0.855 bits per heavy atom. The zero-order valence-corrected chi connectivity index (χ0v) is 34.1. The summed E-state index contributed by atoms with van der Waals surface area (Å²) >= 11 is 0. The fraction of sp³-hybridized carbons (Fsp3) is 0.629. The van der Waals surface area contributed by atoms with Gasteiger partial charge in [-0.05, 0) is 37.5 Å². The Labute approximate surface area is 353 Å². The van der Waals surface area contributed by atoms with Crippen molar-refractivity contribution in [2.75, 3.05) is 13.1 Å². The monoisotopic (exact) mass is 904 g/mol. The van der Waals surface area contributed by atoms with Gasteiger partial charge in [-0.1, -0.05) is 13.0 Å². The van der Waals surface area contributed by atoms with Crippen LogP contribution in [0, 0.1) is 5.92 Å². The molecule has 3 saturated heterocycles. The van der Waals surface area contributed by atoms with Crippen LogP contribution < -0.4 is 36.9 Å². The summed E-state index contributed by atoms with van der Waals surface area (Å²) < 4.78 is 36.2. The average Bonchev–Trinajstić information content (AvgIpc) is 3.71. The lowest BCUT2D eigenvalue weighted by Gasteiger charge is -2.34. The molecule has 1 aromatic carbocycles. The number of primary amides is 1. The van der Waals surface area contributed by atoms with E-state index in [0.29, 0.717) is 0 Å². The molecule has 346 valence electrons. The van der Waals surface area contributed by atoms with Crippen LogP contribution in [-0.4, -0.2) is 186 Å². The van der Waals surface area contributed by atoms with Gasteiger partial charge in [0.2, 0.25) is 41.4 Å². The third-order valence-electron chi connectivity index (χ3n) is 10.6. The van der Waals surface area contributed by atoms with Crippen LogP contribution in [0.2, 0.25) is 0 Å². The van der Waals surface area contributed by atoms with Crippen molar-refractivity contribution in [3.63, 3.8) is 0 Å². The fourth-order valence-corrected chi connectivity index (χ4v) is 7.71. The first kappa shape index (κ1) is 49.4. The van der Waals surface area contributed by atoms with Crippen molar-refractivity contribution in [1.29, 1.82) is 0 Å². The number of aliphatic hydroxyl groups is 6. The van der Waals surface area contributed by atoms with Crippen molar-refractivity contribution in [3.05, 3.63) is 23.8 Å². The number of nitrogens with two attached hydrogens (primary N) is 2. The molecule has 0 unspecified atom stereocenters. The molecule has 4 rings (SSSR count). The minimum absolute atomic E-state index is 0.113. The number of rotatable bonds is 9. The fourth-order valence-electron chi connectivity index (χ4n) is 7.35. The van der Waals surface area contributed by atoms with E-state index in [1.165, 1.54) is 6.92 Å². The molecule has 0 radical (unpaired) electrons. The molecule has 3 heterocycles. The molecule has 3 fully saturated rings. The lowest BCUT2D eigenvalue weighted by molar-refractivity contribution is -0.148. The quantitative estimate of drug-likeness (QED) is 0.102. The highest BCUT2D eigenvalue weighted by atomic mass is 32.3. The first-order valence-corrected chi connectivity index (χ1v) is 20.6. The first-order chi connectivity index (χ1) is 28.8. The number of phenolic OH excluding ortho intramolecular Hbond substituents is 1. The van der Waals surface area contributed by atoms with E-state index >= 15 is 0 Å². The number of nitrogens with one attached hydrogen (secondary N) is 4. The number of nitrogens with zero attached hydrogens (tertiary/aromatic N) is 2. The summed E-state index contributed by atoms with van der Waals surface area (Å²) in [7, 11) is -5.19. The predicted molar refractivity (Wildman–Crippen MR) is 205 cm³/mol. The van der Waals surface area contributed by atoms with Crippen LogP contribution in [0.3, 0.4) is 0 Å². The van der Waals surface area contributed by atoms with Gasteiger partial charge in [0.1, 0.15) is 36.4 Å². The Balaban J connectivity index is 1.83. The molecule has 13 atom stereocenters. The van der Waals surface area contributed by atoms with Crippen LogP contribution >= 0.6 is 0 Å². The standard InChI is InChI=1S/C35H52N8O18S/c1-13-11-43-28(29(13)51)33(55)38-24(50)6-4-17(36)30(52)39-25(14(2)44)34(56)42-12-16(45)9-18(42)31(53)40-26(32(54)41-27(35(43)57)21(48)10-23(37)49)20(47)7-15-3-5-19(46)22(8-15)61-62(58,59)60/h3,5,8,13-14,16-18,20-21,24-29,44-48,50-51H,4,6-7,9-12,36H2,1-2H3,(H2,37,49)(H,38,55)(H,39,52)(H,40,53)(H,41,54)(H,58,59,60)/t13-,14+,16+,17-,18-,20+,21+,24+,25-,26-,27-,28-,29-/m0/s1. The van der Waals surface area contributed by atoms with Gasteiger partial charge in [-0.25, -0.2) is 0 Å². The van der Waals surface area contributed by atoms with Crippen LogP contribution in [-0.2, 0) is 50.4 Å². The number of aromatic hydroxyl groups is 1. The number of amides is 7. The van der Waals surface area contributed by atoms with Gasteiger partial charge in [0, 0.05) is 31.8 Å². The first-order valence-electron chi connectivity index (χ1n) is 19.2. The minimum Gasteiger partial charge on any atom is -0.504 e. The zero-order valence-electron chi connectivity index (χ0n) is 33.3. The molecule has 3 aliphatic rings. The summed E-state index contributed by atoms with van der Waals surface area (Å²) in [5.74, 6) is -10.9. The Morgan fingerprint density at radius 3 is 2.08 bits per heavy atom. The van der Waals surface area contributed by atoms with Crippen molar-refractivity contribution in [3.8, 4) is 11.5 Å². The summed E-state index contributed by atoms with van der Waals surface area (Å²) in [6, 6.07) is -8.37. The second-order valence-electron chi connectivity index (χ2n) is 15.5. The van der Waals surface area contributed by atoms with E-state index in [9.17, 15) is 77.7 Å². The van der Waals surface area contributed by atoms with Crippen molar-refractivity contribution in [2.24, 2.45) is 17.4 Å². The second-order valence-corrected chi connectivity index (χ2v) is 16.6. The van der Waals surface area contributed by atoms with Crippen molar-refractivity contribution >= 4 is 51.7 Å². The lowest BCUT2D eigenvalue weighted by atomic mass is 9.98. The number of fused-ring (bicyclic) bond motifs is 2. The summed E-state index contributed by atoms with van der Waals surface area (Å²) in [6.07, 6.45) is -13.6. The number of carbonyl (C=O) groups excluding carboxylic acids is 7. The van der Waals surface area contributed by atoms with E-state index in [1.807, 2.05) is 0 Å². The highest BCUT2D eigenvalue weighted by molar-refractivity contribution is 7.81. The van der Waals surface area contributed by atoms with Gasteiger partial charge < -0.3 is 82.5 Å². The van der Waals surface area contributed by atoms with Gasteiger partial charge in [0.25, 0.3) is 0 Å². The maximum atomic E-state index is 14.3. The molecule has 62 heavy (non-hydrogen) atoms. The number of carbonyl (C=O) groups is 7. The minimum atomic E-state index is -5.19.